The molecule has 43 heavy (non-hydrogen) atoms. The standard InChI is InChI=1S/C35H30N2O6/c38-30-17-16-28(31(39)20-30)21-36-37-35(40)29-18-32(41-22-25-10-4-1-5-11-25)34(43-24-27-14-8-3-9-15-27)33(19-29)42-23-26-12-6-2-7-13-26/h1-21,38-39H,22-24H2,(H,37,40). The van der Waals surface area contributed by atoms with Crippen LogP contribution in [0.4, 0.5) is 0 Å². The fraction of sp³-hybridized carbons (Fsp3) is 0.0857. The molecule has 0 heterocycles. The number of carbonyl (C=O) groups is 1. The molecule has 3 N–H and O–H groups in total. The van der Waals surface area contributed by atoms with Crippen LogP contribution in [-0.4, -0.2) is 22.3 Å². The summed E-state index contributed by atoms with van der Waals surface area (Å²) in [6, 6.07) is 36.3. The van der Waals surface area contributed by atoms with Crippen molar-refractivity contribution >= 4 is 12.1 Å². The van der Waals surface area contributed by atoms with Crippen molar-refractivity contribution in [3.05, 3.63) is 149 Å². The molecule has 8 nitrogen and oxygen atoms in total. The van der Waals surface area contributed by atoms with Gasteiger partial charge >= 0.3 is 0 Å². The Labute approximate surface area is 249 Å². The molecule has 8 heteroatoms. The molecule has 1 amide bonds. The molecule has 0 spiro atoms. The molecule has 0 saturated carbocycles. The van der Waals surface area contributed by atoms with Crippen LogP contribution in [0, 0.1) is 0 Å². The molecule has 0 atom stereocenters. The van der Waals surface area contributed by atoms with Crippen molar-refractivity contribution in [3.63, 3.8) is 0 Å². The lowest BCUT2D eigenvalue weighted by molar-refractivity contribution is 0.0953. The zero-order valence-electron chi connectivity index (χ0n) is 23.2. The number of aromatic hydroxyl groups is 2. The minimum Gasteiger partial charge on any atom is -0.508 e. The van der Waals surface area contributed by atoms with Gasteiger partial charge in [-0.25, -0.2) is 5.43 Å². The van der Waals surface area contributed by atoms with E-state index in [1.54, 1.807) is 12.1 Å². The smallest absolute Gasteiger partial charge is 0.271 e. The number of rotatable bonds is 12. The maximum atomic E-state index is 13.2. The molecule has 216 valence electrons. The van der Waals surface area contributed by atoms with E-state index < -0.39 is 5.91 Å². The SMILES string of the molecule is O=C(NN=Cc1ccc(O)cc1O)c1cc(OCc2ccccc2)c(OCc2ccccc2)c(OCc2ccccc2)c1. The Morgan fingerprint density at radius 3 is 1.63 bits per heavy atom. The van der Waals surface area contributed by atoms with Gasteiger partial charge < -0.3 is 24.4 Å². The molecule has 0 bridgehead atoms. The number of hydrogen-bond donors (Lipinski definition) is 3. The van der Waals surface area contributed by atoms with Gasteiger partial charge in [0.2, 0.25) is 5.75 Å². The second-order valence-electron chi connectivity index (χ2n) is 9.57. The summed E-state index contributed by atoms with van der Waals surface area (Å²) in [6.45, 7) is 0.740. The number of hydrogen-bond acceptors (Lipinski definition) is 7. The number of benzene rings is 5. The maximum absolute atomic E-state index is 13.2. The normalized spacial score (nSPS) is 10.8. The molecule has 5 aromatic carbocycles. The van der Waals surface area contributed by atoms with Crippen LogP contribution >= 0.6 is 0 Å². The molecular formula is C35H30N2O6. The Balaban J connectivity index is 1.45. The predicted molar refractivity (Wildman–Crippen MR) is 164 cm³/mol. The molecule has 0 aromatic heterocycles. The Hall–Kier alpha value is -5.76. The number of nitrogens with zero attached hydrogens (tertiary/aromatic N) is 1. The van der Waals surface area contributed by atoms with Gasteiger partial charge in [0, 0.05) is 17.2 Å². The van der Waals surface area contributed by atoms with Gasteiger partial charge in [-0.2, -0.15) is 5.10 Å². The van der Waals surface area contributed by atoms with E-state index in [2.05, 4.69) is 10.5 Å². The minimum absolute atomic E-state index is 0.0840. The highest BCUT2D eigenvalue weighted by molar-refractivity contribution is 5.96. The van der Waals surface area contributed by atoms with E-state index in [-0.39, 0.29) is 36.9 Å². The number of ether oxygens (including phenoxy) is 3. The van der Waals surface area contributed by atoms with Gasteiger partial charge in [-0.1, -0.05) is 91.0 Å². The first-order valence-electron chi connectivity index (χ1n) is 13.6. The predicted octanol–water partition coefficient (Wildman–Crippen LogP) is 6.60. The summed E-state index contributed by atoms with van der Waals surface area (Å²) in [4.78, 5) is 13.2. The van der Waals surface area contributed by atoms with Gasteiger partial charge in [0.25, 0.3) is 5.91 Å². The lowest BCUT2D eigenvalue weighted by Gasteiger charge is -2.19. The zero-order valence-corrected chi connectivity index (χ0v) is 23.2. The summed E-state index contributed by atoms with van der Waals surface area (Å²) in [5.74, 6) is 0.236. The molecule has 0 unspecified atom stereocenters. The van der Waals surface area contributed by atoms with Crippen LogP contribution < -0.4 is 19.6 Å². The molecular weight excluding hydrogens is 544 g/mol. The fourth-order valence-electron chi connectivity index (χ4n) is 4.13. The summed E-state index contributed by atoms with van der Waals surface area (Å²) in [7, 11) is 0. The minimum atomic E-state index is -0.529. The van der Waals surface area contributed by atoms with Crippen molar-refractivity contribution in [1.29, 1.82) is 0 Å². The van der Waals surface area contributed by atoms with E-state index in [9.17, 15) is 15.0 Å². The van der Waals surface area contributed by atoms with Crippen LogP contribution in [0.1, 0.15) is 32.6 Å². The van der Waals surface area contributed by atoms with E-state index in [4.69, 9.17) is 14.2 Å². The second-order valence-corrected chi connectivity index (χ2v) is 9.57. The van der Waals surface area contributed by atoms with Crippen molar-refractivity contribution < 1.29 is 29.2 Å². The molecule has 0 aliphatic carbocycles. The highest BCUT2D eigenvalue weighted by Crippen LogP contribution is 2.40. The first-order chi connectivity index (χ1) is 21.0. The van der Waals surface area contributed by atoms with Gasteiger partial charge in [0.15, 0.2) is 11.5 Å². The molecule has 0 fully saturated rings. The first kappa shape index (κ1) is 28.8. The average Bonchev–Trinajstić information content (AvgIpc) is 3.04. The third-order valence-electron chi connectivity index (χ3n) is 6.37. The number of phenolic OH excluding ortho intramolecular Hbond substituents is 2. The van der Waals surface area contributed by atoms with Gasteiger partial charge in [0.1, 0.15) is 31.3 Å². The molecule has 0 saturated heterocycles. The maximum Gasteiger partial charge on any atom is 0.271 e. The monoisotopic (exact) mass is 574 g/mol. The highest BCUT2D eigenvalue weighted by atomic mass is 16.5. The van der Waals surface area contributed by atoms with Crippen molar-refractivity contribution in [1.82, 2.24) is 5.43 Å². The third kappa shape index (κ3) is 8.14. The fourth-order valence-corrected chi connectivity index (χ4v) is 4.13. The van der Waals surface area contributed by atoms with E-state index in [1.165, 1.54) is 24.4 Å². The highest BCUT2D eigenvalue weighted by Gasteiger charge is 2.20. The number of amides is 1. The molecule has 5 aromatic rings. The number of carbonyl (C=O) groups excluding carboxylic acids is 1. The number of nitrogens with one attached hydrogen (secondary N) is 1. The van der Waals surface area contributed by atoms with Crippen LogP contribution in [0.25, 0.3) is 0 Å². The lowest BCUT2D eigenvalue weighted by Crippen LogP contribution is -2.18. The van der Waals surface area contributed by atoms with Crippen LogP contribution in [0.15, 0.2) is 126 Å². The largest absolute Gasteiger partial charge is 0.508 e. The van der Waals surface area contributed by atoms with Crippen molar-refractivity contribution in [3.8, 4) is 28.7 Å². The zero-order chi connectivity index (χ0) is 29.9. The van der Waals surface area contributed by atoms with Crippen molar-refractivity contribution in [2.45, 2.75) is 19.8 Å². The Morgan fingerprint density at radius 1 is 0.651 bits per heavy atom. The van der Waals surface area contributed by atoms with Crippen LogP contribution in [-0.2, 0) is 19.8 Å². The van der Waals surface area contributed by atoms with Crippen LogP contribution in [0.3, 0.4) is 0 Å². The topological polar surface area (TPSA) is 110 Å². The van der Waals surface area contributed by atoms with E-state index in [1.807, 2.05) is 91.0 Å². The molecule has 5 rings (SSSR count). The van der Waals surface area contributed by atoms with E-state index >= 15 is 0 Å². The van der Waals surface area contributed by atoms with Gasteiger partial charge in [-0.05, 0) is 41.0 Å². The van der Waals surface area contributed by atoms with Gasteiger partial charge in [0.05, 0.1) is 6.21 Å². The van der Waals surface area contributed by atoms with Gasteiger partial charge in [-0.15, -0.1) is 0 Å². The average molecular weight is 575 g/mol. The van der Waals surface area contributed by atoms with Crippen LogP contribution in [0.5, 0.6) is 28.7 Å². The first-order valence-corrected chi connectivity index (χ1v) is 13.6. The molecule has 0 radical (unpaired) electrons. The van der Waals surface area contributed by atoms with Gasteiger partial charge in [-0.3, -0.25) is 4.79 Å². The van der Waals surface area contributed by atoms with E-state index in [0.29, 0.717) is 22.8 Å². The summed E-state index contributed by atoms with van der Waals surface area (Å²) in [5.41, 5.74) is 5.86. The Kier molecular flexibility index (Phi) is 9.52. The quantitative estimate of drug-likeness (QED) is 0.114. The summed E-state index contributed by atoms with van der Waals surface area (Å²) in [5, 5.41) is 23.5. The number of hydrazone groups is 1. The molecule has 0 aliphatic heterocycles. The van der Waals surface area contributed by atoms with E-state index in [0.717, 1.165) is 16.7 Å². The summed E-state index contributed by atoms with van der Waals surface area (Å²) >= 11 is 0. The summed E-state index contributed by atoms with van der Waals surface area (Å²) in [6.07, 6.45) is 1.28. The Morgan fingerprint density at radius 2 is 1.14 bits per heavy atom. The van der Waals surface area contributed by atoms with Crippen molar-refractivity contribution in [2.75, 3.05) is 0 Å². The number of phenols is 2. The van der Waals surface area contributed by atoms with Crippen LogP contribution in [0.2, 0.25) is 0 Å². The third-order valence-corrected chi connectivity index (χ3v) is 6.37. The van der Waals surface area contributed by atoms with Crippen molar-refractivity contribution in [2.24, 2.45) is 5.10 Å². The lowest BCUT2D eigenvalue weighted by atomic mass is 10.1. The Bertz CT molecular complexity index is 1610. The molecule has 0 aliphatic rings. The second kappa shape index (κ2) is 14.2. The summed E-state index contributed by atoms with van der Waals surface area (Å²) < 4.78 is 18.7.